The first-order chi connectivity index (χ1) is 10.2. The summed E-state index contributed by atoms with van der Waals surface area (Å²) in [5, 5.41) is 5.17. The SMILES string of the molecule is O=C(Nc1ccnc(Cl)c1)c1ccc(-c2cccs2)cc1. The van der Waals surface area contributed by atoms with Crippen molar-refractivity contribution in [3.8, 4) is 10.4 Å². The number of aromatic nitrogens is 1. The molecule has 2 aromatic heterocycles. The fourth-order valence-electron chi connectivity index (χ4n) is 1.91. The minimum Gasteiger partial charge on any atom is -0.322 e. The highest BCUT2D eigenvalue weighted by molar-refractivity contribution is 7.13. The summed E-state index contributed by atoms with van der Waals surface area (Å²) in [7, 11) is 0. The van der Waals surface area contributed by atoms with E-state index in [1.54, 1.807) is 29.7 Å². The number of pyridine rings is 1. The smallest absolute Gasteiger partial charge is 0.255 e. The Hall–Kier alpha value is -2.17. The maximum atomic E-state index is 12.2. The van der Waals surface area contributed by atoms with Crippen LogP contribution < -0.4 is 5.32 Å². The topological polar surface area (TPSA) is 42.0 Å². The van der Waals surface area contributed by atoms with Gasteiger partial charge in [-0.15, -0.1) is 11.3 Å². The van der Waals surface area contributed by atoms with Crippen LogP contribution in [0.25, 0.3) is 10.4 Å². The van der Waals surface area contributed by atoms with E-state index >= 15 is 0 Å². The van der Waals surface area contributed by atoms with Gasteiger partial charge in [0.2, 0.25) is 0 Å². The summed E-state index contributed by atoms with van der Waals surface area (Å²) < 4.78 is 0. The number of nitrogens with zero attached hydrogens (tertiary/aromatic N) is 1. The monoisotopic (exact) mass is 314 g/mol. The first kappa shape index (κ1) is 13.8. The van der Waals surface area contributed by atoms with E-state index in [4.69, 9.17) is 11.6 Å². The van der Waals surface area contributed by atoms with Gasteiger partial charge in [-0.3, -0.25) is 4.79 Å². The molecule has 0 atom stereocenters. The van der Waals surface area contributed by atoms with Crippen molar-refractivity contribution in [2.75, 3.05) is 5.32 Å². The number of carbonyl (C=O) groups is 1. The highest BCUT2D eigenvalue weighted by Crippen LogP contribution is 2.24. The fraction of sp³-hybridized carbons (Fsp3) is 0. The van der Waals surface area contributed by atoms with E-state index in [0.29, 0.717) is 16.4 Å². The maximum Gasteiger partial charge on any atom is 0.255 e. The first-order valence-electron chi connectivity index (χ1n) is 6.29. The van der Waals surface area contributed by atoms with Gasteiger partial charge in [0.15, 0.2) is 0 Å². The molecular formula is C16H11ClN2OS. The summed E-state index contributed by atoms with van der Waals surface area (Å²) in [6.45, 7) is 0. The standard InChI is InChI=1S/C16H11ClN2OS/c17-15-10-13(7-8-18-15)19-16(20)12-5-3-11(4-6-12)14-2-1-9-21-14/h1-10H,(H,18,19,20). The highest BCUT2D eigenvalue weighted by Gasteiger charge is 2.07. The van der Waals surface area contributed by atoms with Gasteiger partial charge in [-0.05, 0) is 41.3 Å². The van der Waals surface area contributed by atoms with Crippen molar-refractivity contribution in [2.45, 2.75) is 0 Å². The van der Waals surface area contributed by atoms with Crippen LogP contribution in [0, 0.1) is 0 Å². The first-order valence-corrected chi connectivity index (χ1v) is 7.55. The van der Waals surface area contributed by atoms with E-state index in [0.717, 1.165) is 5.56 Å². The number of nitrogens with one attached hydrogen (secondary N) is 1. The molecule has 1 N–H and O–H groups in total. The van der Waals surface area contributed by atoms with Crippen LogP contribution in [0.4, 0.5) is 5.69 Å². The molecule has 5 heteroatoms. The maximum absolute atomic E-state index is 12.2. The number of amides is 1. The molecule has 104 valence electrons. The van der Waals surface area contributed by atoms with Gasteiger partial charge in [0.1, 0.15) is 5.15 Å². The molecule has 3 nitrogen and oxygen atoms in total. The number of hydrogen-bond acceptors (Lipinski definition) is 3. The fourth-order valence-corrected chi connectivity index (χ4v) is 2.82. The third kappa shape index (κ3) is 3.29. The summed E-state index contributed by atoms with van der Waals surface area (Å²) in [4.78, 5) is 17.2. The largest absolute Gasteiger partial charge is 0.322 e. The quantitative estimate of drug-likeness (QED) is 0.711. The van der Waals surface area contributed by atoms with Crippen molar-refractivity contribution in [3.05, 3.63) is 70.8 Å². The summed E-state index contributed by atoms with van der Waals surface area (Å²) >= 11 is 7.46. The number of anilines is 1. The second kappa shape index (κ2) is 6.08. The third-order valence-corrected chi connectivity index (χ3v) is 4.06. The second-order valence-electron chi connectivity index (χ2n) is 4.38. The van der Waals surface area contributed by atoms with E-state index < -0.39 is 0 Å². The summed E-state index contributed by atoms with van der Waals surface area (Å²) in [6.07, 6.45) is 1.55. The zero-order chi connectivity index (χ0) is 14.7. The van der Waals surface area contributed by atoms with Gasteiger partial charge in [0.05, 0.1) is 0 Å². The van der Waals surface area contributed by atoms with Crippen LogP contribution >= 0.6 is 22.9 Å². The molecule has 21 heavy (non-hydrogen) atoms. The second-order valence-corrected chi connectivity index (χ2v) is 5.71. The van der Waals surface area contributed by atoms with Crippen molar-refractivity contribution < 1.29 is 4.79 Å². The van der Waals surface area contributed by atoms with Crippen LogP contribution in [0.5, 0.6) is 0 Å². The van der Waals surface area contributed by atoms with Crippen LogP contribution in [0.15, 0.2) is 60.1 Å². The average molecular weight is 315 g/mol. The molecule has 0 aliphatic carbocycles. The van der Waals surface area contributed by atoms with Gasteiger partial charge in [-0.1, -0.05) is 29.8 Å². The van der Waals surface area contributed by atoms with Gasteiger partial charge < -0.3 is 5.32 Å². The van der Waals surface area contributed by atoms with Crippen LogP contribution in [0.3, 0.4) is 0 Å². The number of carbonyl (C=O) groups excluding carboxylic acids is 1. The van der Waals surface area contributed by atoms with Gasteiger partial charge in [0, 0.05) is 22.3 Å². The number of hydrogen-bond donors (Lipinski definition) is 1. The van der Waals surface area contributed by atoms with E-state index in [1.807, 2.05) is 35.7 Å². The molecular weight excluding hydrogens is 304 g/mol. The van der Waals surface area contributed by atoms with E-state index in [9.17, 15) is 4.79 Å². The summed E-state index contributed by atoms with van der Waals surface area (Å²) in [5.41, 5.74) is 2.33. The molecule has 0 unspecified atom stereocenters. The minimum atomic E-state index is -0.171. The number of rotatable bonds is 3. The molecule has 0 bridgehead atoms. The Morgan fingerprint density at radius 3 is 2.62 bits per heavy atom. The summed E-state index contributed by atoms with van der Waals surface area (Å²) in [5.74, 6) is -0.171. The normalized spacial score (nSPS) is 10.3. The Bertz CT molecular complexity index is 754. The number of thiophene rings is 1. The lowest BCUT2D eigenvalue weighted by atomic mass is 10.1. The number of benzene rings is 1. The highest BCUT2D eigenvalue weighted by atomic mass is 35.5. The zero-order valence-corrected chi connectivity index (χ0v) is 12.5. The van der Waals surface area contributed by atoms with Crippen LogP contribution in [-0.4, -0.2) is 10.9 Å². The molecule has 0 saturated carbocycles. The van der Waals surface area contributed by atoms with Crippen molar-refractivity contribution in [3.63, 3.8) is 0 Å². The van der Waals surface area contributed by atoms with E-state index in [2.05, 4.69) is 16.4 Å². The Morgan fingerprint density at radius 2 is 1.95 bits per heavy atom. The Balaban J connectivity index is 1.76. The van der Waals surface area contributed by atoms with E-state index in [-0.39, 0.29) is 5.91 Å². The van der Waals surface area contributed by atoms with Gasteiger partial charge >= 0.3 is 0 Å². The lowest BCUT2D eigenvalue weighted by Crippen LogP contribution is -2.11. The molecule has 0 fully saturated rings. The van der Waals surface area contributed by atoms with Crippen molar-refractivity contribution in [1.82, 2.24) is 4.98 Å². The Morgan fingerprint density at radius 1 is 1.14 bits per heavy atom. The minimum absolute atomic E-state index is 0.171. The molecule has 3 rings (SSSR count). The lowest BCUT2D eigenvalue weighted by molar-refractivity contribution is 0.102. The average Bonchev–Trinajstić information content (AvgIpc) is 3.01. The van der Waals surface area contributed by atoms with Crippen LogP contribution in [0.1, 0.15) is 10.4 Å². The van der Waals surface area contributed by atoms with Crippen molar-refractivity contribution in [2.24, 2.45) is 0 Å². The molecule has 0 spiro atoms. The predicted molar refractivity (Wildman–Crippen MR) is 87.0 cm³/mol. The van der Waals surface area contributed by atoms with E-state index in [1.165, 1.54) is 4.88 Å². The zero-order valence-electron chi connectivity index (χ0n) is 10.9. The molecule has 1 amide bonds. The molecule has 0 aliphatic rings. The molecule has 0 aliphatic heterocycles. The van der Waals surface area contributed by atoms with Crippen molar-refractivity contribution in [1.29, 1.82) is 0 Å². The third-order valence-electron chi connectivity index (χ3n) is 2.94. The van der Waals surface area contributed by atoms with Crippen LogP contribution in [-0.2, 0) is 0 Å². The lowest BCUT2D eigenvalue weighted by Gasteiger charge is -2.06. The Labute approximate surface area is 131 Å². The van der Waals surface area contributed by atoms with Crippen LogP contribution in [0.2, 0.25) is 5.15 Å². The molecule has 3 aromatic rings. The molecule has 2 heterocycles. The van der Waals surface area contributed by atoms with Gasteiger partial charge in [-0.2, -0.15) is 0 Å². The van der Waals surface area contributed by atoms with Gasteiger partial charge in [0.25, 0.3) is 5.91 Å². The molecule has 0 radical (unpaired) electrons. The summed E-state index contributed by atoms with van der Waals surface area (Å²) in [6, 6.07) is 14.9. The van der Waals surface area contributed by atoms with Crippen molar-refractivity contribution >= 4 is 34.5 Å². The molecule has 1 aromatic carbocycles. The Kier molecular flexibility index (Phi) is 3.99. The van der Waals surface area contributed by atoms with Gasteiger partial charge in [-0.25, -0.2) is 4.98 Å². The molecule has 0 saturated heterocycles. The predicted octanol–water partition coefficient (Wildman–Crippen LogP) is 4.72. The number of halogens is 1.